The van der Waals surface area contributed by atoms with Crippen LogP contribution in [0.15, 0.2) is 70.7 Å². The van der Waals surface area contributed by atoms with Crippen LogP contribution in [0.3, 0.4) is 0 Å². The van der Waals surface area contributed by atoms with E-state index in [9.17, 15) is 19.5 Å². The molecule has 2 amide bonds. The highest BCUT2D eigenvalue weighted by atomic mass is 16.6. The minimum Gasteiger partial charge on any atom is -0.496 e. The lowest BCUT2D eigenvalue weighted by atomic mass is 9.80. The maximum atomic E-state index is 13.5. The van der Waals surface area contributed by atoms with Crippen molar-refractivity contribution in [2.45, 2.75) is 99.9 Å². The molecule has 0 fully saturated rings. The van der Waals surface area contributed by atoms with Crippen LogP contribution in [0, 0.1) is 17.8 Å². The average Bonchev–Trinajstić information content (AvgIpc) is 3.00. The molecule has 6 atom stereocenters. The van der Waals surface area contributed by atoms with Crippen molar-refractivity contribution in [1.82, 2.24) is 5.32 Å². The summed E-state index contributed by atoms with van der Waals surface area (Å²) in [5.41, 5.74) is 7.43. The molecule has 3 unspecified atom stereocenters. The summed E-state index contributed by atoms with van der Waals surface area (Å²) in [6.07, 6.45) is 6.75. The zero-order valence-electron chi connectivity index (χ0n) is 28.7. The number of Topliss-reactive ketones (excluding diaryl/α,β-unsaturated/α-hetero) is 1. The molecule has 9 nitrogen and oxygen atoms in total. The first-order valence-electron chi connectivity index (χ1n) is 15.6. The van der Waals surface area contributed by atoms with E-state index in [1.54, 1.807) is 32.1 Å². The van der Waals surface area contributed by atoms with Gasteiger partial charge in [-0.25, -0.2) is 4.79 Å². The lowest BCUT2D eigenvalue weighted by Gasteiger charge is -2.30. The molecule has 44 heavy (non-hydrogen) atoms. The van der Waals surface area contributed by atoms with Gasteiger partial charge in [-0.3, -0.25) is 9.59 Å². The Morgan fingerprint density at radius 1 is 1.14 bits per heavy atom. The van der Waals surface area contributed by atoms with Gasteiger partial charge in [-0.1, -0.05) is 85.8 Å². The number of fused-ring (bicyclic) bond motifs is 2. The van der Waals surface area contributed by atoms with Crippen molar-refractivity contribution in [2.75, 3.05) is 14.2 Å². The average molecular weight is 617 g/mol. The van der Waals surface area contributed by atoms with Crippen molar-refractivity contribution in [1.29, 1.82) is 0 Å². The fourth-order valence-electron chi connectivity index (χ4n) is 5.28. The SMILES string of the molecule is C=C1C=C2NC(=O)/C(C)=C/C=C\C(OC)C(OC(N)=O)/C(C)=C/[C@H](C)[C@@H](O)C(CC)C[C@H](C)CC(=C1OC)C2=O.CC.CC. The molecule has 4 N–H and O–H groups in total. The van der Waals surface area contributed by atoms with Crippen molar-refractivity contribution >= 4 is 17.8 Å². The number of nitrogens with one attached hydrogen (secondary N) is 1. The second-order valence-electron chi connectivity index (χ2n) is 10.6. The van der Waals surface area contributed by atoms with Gasteiger partial charge >= 0.3 is 6.09 Å². The van der Waals surface area contributed by atoms with Crippen LogP contribution in [0.1, 0.15) is 81.6 Å². The summed E-state index contributed by atoms with van der Waals surface area (Å²) in [6.45, 7) is 21.4. The largest absolute Gasteiger partial charge is 0.496 e. The first-order chi connectivity index (χ1) is 20.8. The first kappa shape index (κ1) is 40.6. The van der Waals surface area contributed by atoms with Crippen molar-refractivity contribution in [3.63, 3.8) is 0 Å². The van der Waals surface area contributed by atoms with Crippen LogP contribution in [-0.2, 0) is 23.8 Å². The van der Waals surface area contributed by atoms with Gasteiger partial charge in [-0.2, -0.15) is 0 Å². The minimum absolute atomic E-state index is 0.0144. The Hall–Kier alpha value is -3.43. The molecule has 9 heteroatoms. The molecule has 0 spiro atoms. The van der Waals surface area contributed by atoms with E-state index in [0.717, 1.165) is 6.42 Å². The summed E-state index contributed by atoms with van der Waals surface area (Å²) in [5, 5.41) is 14.0. The van der Waals surface area contributed by atoms with Gasteiger partial charge in [0.2, 0.25) is 5.78 Å². The third-order valence-electron chi connectivity index (χ3n) is 7.45. The maximum Gasteiger partial charge on any atom is 0.405 e. The molecule has 2 rings (SSSR count). The molecular weight excluding hydrogens is 560 g/mol. The molecule has 248 valence electrons. The maximum absolute atomic E-state index is 13.5. The number of nitrogens with two attached hydrogens (primary N) is 1. The van der Waals surface area contributed by atoms with Gasteiger partial charge in [0.1, 0.15) is 11.9 Å². The number of ether oxygens (including phenoxy) is 3. The van der Waals surface area contributed by atoms with Crippen LogP contribution in [0.5, 0.6) is 0 Å². The molecule has 2 aliphatic rings. The summed E-state index contributed by atoms with van der Waals surface area (Å²) in [6, 6.07) is 0. The van der Waals surface area contributed by atoms with E-state index in [1.165, 1.54) is 20.3 Å². The zero-order valence-corrected chi connectivity index (χ0v) is 28.7. The number of hydrogen-bond donors (Lipinski definition) is 3. The number of carbonyl (C=O) groups is 3. The lowest BCUT2D eigenvalue weighted by molar-refractivity contribution is -0.119. The van der Waals surface area contributed by atoms with Crippen LogP contribution < -0.4 is 11.1 Å². The van der Waals surface area contributed by atoms with Gasteiger partial charge in [-0.05, 0) is 50.2 Å². The molecule has 0 aromatic heterocycles. The second-order valence-corrected chi connectivity index (χ2v) is 10.6. The Labute approximate surface area is 265 Å². The number of allylic oxidation sites excluding steroid dienone is 4. The lowest BCUT2D eigenvalue weighted by Crippen LogP contribution is -2.35. The number of aliphatic hydroxyl groups excluding tert-OH is 1. The molecule has 0 radical (unpaired) electrons. The number of ketones is 1. The van der Waals surface area contributed by atoms with E-state index in [0.29, 0.717) is 40.9 Å². The fourth-order valence-corrected chi connectivity index (χ4v) is 5.28. The predicted molar refractivity (Wildman–Crippen MR) is 176 cm³/mol. The molecular formula is C35H56N2O7. The predicted octanol–water partition coefficient (Wildman–Crippen LogP) is 6.46. The van der Waals surface area contributed by atoms with Gasteiger partial charge in [0.15, 0.2) is 6.10 Å². The molecule has 1 heterocycles. The number of amides is 2. The quantitative estimate of drug-likeness (QED) is 0.308. The normalized spacial score (nSPS) is 30.0. The first-order valence-corrected chi connectivity index (χ1v) is 15.6. The molecule has 0 saturated heterocycles. The number of primary amides is 1. The number of carbonyl (C=O) groups excluding carboxylic acids is 3. The van der Waals surface area contributed by atoms with Crippen molar-refractivity contribution in [2.24, 2.45) is 23.5 Å². The number of rotatable bonds is 4. The minimum atomic E-state index is -0.957. The van der Waals surface area contributed by atoms with Crippen molar-refractivity contribution in [3.8, 4) is 0 Å². The standard InChI is InChI=1S/C31H44N2O7.2C2H6/c1-9-22-13-17(2)14-23-27(35)24(16-21(6)28(23)39-8)33-30(36)18(3)11-10-12-25(38-7)29(40-31(32)37)20(5)15-19(4)26(22)34;2*1-2/h10-12,15-17,19,22,25-26,29,34H,6,9,13-14H2,1-5,7-8H3,(H2,32,37)(H,33,36);2*1-2H3/b12-10-,18-11+,20-15+;;/t17-,19-,22?,25?,26+,29?;;/m0../s1. The van der Waals surface area contributed by atoms with Crippen LogP contribution >= 0.6 is 0 Å². The smallest absolute Gasteiger partial charge is 0.405 e. The number of methoxy groups -OCH3 is 2. The van der Waals surface area contributed by atoms with Gasteiger partial charge in [0, 0.05) is 29.7 Å². The molecule has 2 bridgehead atoms. The second kappa shape index (κ2) is 20.5. The highest BCUT2D eigenvalue weighted by molar-refractivity contribution is 6.13. The third-order valence-corrected chi connectivity index (χ3v) is 7.45. The highest BCUT2D eigenvalue weighted by Gasteiger charge is 2.32. The van der Waals surface area contributed by atoms with Crippen molar-refractivity contribution in [3.05, 3.63) is 70.7 Å². The number of aliphatic hydroxyl groups is 1. The summed E-state index contributed by atoms with van der Waals surface area (Å²) in [7, 11) is 2.96. The van der Waals surface area contributed by atoms with Gasteiger partial charge in [-0.15, -0.1) is 0 Å². The Balaban J connectivity index is 0.00000443. The zero-order chi connectivity index (χ0) is 34.1. The molecule has 0 aromatic carbocycles. The fraction of sp³-hybridized carbons (Fsp3) is 0.571. The van der Waals surface area contributed by atoms with E-state index in [1.807, 2.05) is 54.5 Å². The van der Waals surface area contributed by atoms with E-state index in [-0.39, 0.29) is 29.2 Å². The van der Waals surface area contributed by atoms with E-state index < -0.39 is 30.3 Å². The third kappa shape index (κ3) is 11.6. The van der Waals surface area contributed by atoms with E-state index in [2.05, 4.69) is 11.9 Å². The Bertz CT molecular complexity index is 1150. The van der Waals surface area contributed by atoms with E-state index >= 15 is 0 Å². The van der Waals surface area contributed by atoms with Gasteiger partial charge in [0.25, 0.3) is 5.91 Å². The van der Waals surface area contributed by atoms with Crippen LogP contribution in [0.2, 0.25) is 0 Å². The molecule has 0 saturated carbocycles. The summed E-state index contributed by atoms with van der Waals surface area (Å²) < 4.78 is 16.5. The number of hydrogen-bond acceptors (Lipinski definition) is 7. The highest BCUT2D eigenvalue weighted by Crippen LogP contribution is 2.33. The monoisotopic (exact) mass is 616 g/mol. The molecule has 1 aliphatic heterocycles. The molecule has 1 aliphatic carbocycles. The van der Waals surface area contributed by atoms with Gasteiger partial charge in [0.05, 0.1) is 18.9 Å². The summed E-state index contributed by atoms with van der Waals surface area (Å²) in [5.74, 6) is -0.704. The van der Waals surface area contributed by atoms with Crippen LogP contribution in [-0.4, -0.2) is 55.4 Å². The topological polar surface area (TPSA) is 137 Å². The molecule has 0 aromatic rings. The van der Waals surface area contributed by atoms with E-state index in [4.69, 9.17) is 19.9 Å². The Kier molecular flexibility index (Phi) is 18.9. The summed E-state index contributed by atoms with van der Waals surface area (Å²) in [4.78, 5) is 38.1. The Morgan fingerprint density at radius 3 is 2.27 bits per heavy atom. The summed E-state index contributed by atoms with van der Waals surface area (Å²) >= 11 is 0. The Morgan fingerprint density at radius 2 is 1.75 bits per heavy atom. The van der Waals surface area contributed by atoms with Crippen LogP contribution in [0.4, 0.5) is 4.79 Å². The van der Waals surface area contributed by atoms with Crippen LogP contribution in [0.25, 0.3) is 0 Å². The van der Waals surface area contributed by atoms with Crippen molar-refractivity contribution < 1.29 is 33.7 Å². The van der Waals surface area contributed by atoms with Gasteiger partial charge < -0.3 is 30.4 Å².